The van der Waals surface area contributed by atoms with Crippen LogP contribution in [0, 0.1) is 0 Å². The Bertz CT molecular complexity index is 1180. The number of nitrogens with zero attached hydrogens (tertiary/aromatic N) is 2. The molecule has 0 spiro atoms. The van der Waals surface area contributed by atoms with E-state index in [2.05, 4.69) is 88.4 Å². The molecule has 0 radical (unpaired) electrons. The predicted molar refractivity (Wildman–Crippen MR) is 167 cm³/mol. The molecule has 0 saturated heterocycles. The minimum atomic E-state index is 0. The van der Waals surface area contributed by atoms with Gasteiger partial charge in [-0.15, -0.1) is 0 Å². The standard InChI is InChI=1S/C35H46N2.Pd.2H/c1-6-10-12-14-18-29-21-22-32(24-31(29)17-11-7-2)36-26-27(5)37-33-23-28(8-3)34(9-4)35(25-33)30-19-15-13-16-20-30;;;/h13,15-16,19-26H,6-12,14,17-18H2,1-5H3;;;. The summed E-state index contributed by atoms with van der Waals surface area (Å²) in [5.74, 6) is 0. The van der Waals surface area contributed by atoms with E-state index in [-0.39, 0.29) is 20.4 Å². The molecular weight excluding hydrogens is 555 g/mol. The van der Waals surface area contributed by atoms with Gasteiger partial charge in [0.15, 0.2) is 0 Å². The Kier molecular flexibility index (Phi) is 14.5. The van der Waals surface area contributed by atoms with Crippen molar-refractivity contribution in [2.24, 2.45) is 9.98 Å². The van der Waals surface area contributed by atoms with Crippen molar-refractivity contribution < 1.29 is 20.4 Å². The Morgan fingerprint density at radius 2 is 1.39 bits per heavy atom. The van der Waals surface area contributed by atoms with Crippen LogP contribution in [0.5, 0.6) is 0 Å². The Morgan fingerprint density at radius 3 is 2.08 bits per heavy atom. The van der Waals surface area contributed by atoms with E-state index >= 15 is 0 Å². The van der Waals surface area contributed by atoms with Gasteiger partial charge in [-0.2, -0.15) is 0 Å². The number of hydrogen-bond acceptors (Lipinski definition) is 2. The summed E-state index contributed by atoms with van der Waals surface area (Å²) in [6, 6.07) is 21.9. The number of benzene rings is 3. The first kappa shape index (κ1) is 31.9. The van der Waals surface area contributed by atoms with Crippen molar-refractivity contribution in [2.45, 2.75) is 98.8 Å². The Hall–Kier alpha value is -2.34. The van der Waals surface area contributed by atoms with E-state index in [1.54, 1.807) is 0 Å². The maximum absolute atomic E-state index is 4.96. The van der Waals surface area contributed by atoms with E-state index < -0.39 is 0 Å². The molecule has 0 atom stereocenters. The molecule has 3 heteroatoms. The molecule has 3 aromatic rings. The van der Waals surface area contributed by atoms with Gasteiger partial charge in [0.1, 0.15) is 0 Å². The first-order chi connectivity index (χ1) is 18.1. The van der Waals surface area contributed by atoms with Gasteiger partial charge in [0.2, 0.25) is 0 Å². The van der Waals surface area contributed by atoms with E-state index in [0.717, 1.165) is 36.3 Å². The third-order valence-corrected chi connectivity index (χ3v) is 7.14. The Morgan fingerprint density at radius 1 is 0.684 bits per heavy atom. The maximum atomic E-state index is 4.96. The Balaban J connectivity index is 0.00000507. The summed E-state index contributed by atoms with van der Waals surface area (Å²) >= 11 is 0. The van der Waals surface area contributed by atoms with Gasteiger partial charge in [0.25, 0.3) is 0 Å². The number of aryl methyl sites for hydroxylation is 3. The first-order valence-corrected chi connectivity index (χ1v) is 14.5. The second kappa shape index (κ2) is 17.3. The molecule has 0 saturated carbocycles. The van der Waals surface area contributed by atoms with Crippen LogP contribution in [0.2, 0.25) is 0 Å². The van der Waals surface area contributed by atoms with Crippen LogP contribution in [-0.2, 0) is 46.1 Å². The molecule has 0 bridgehead atoms. The summed E-state index contributed by atoms with van der Waals surface area (Å²) < 4.78 is 0. The van der Waals surface area contributed by atoms with Gasteiger partial charge >= 0.3 is 20.4 Å². The van der Waals surface area contributed by atoms with Crippen LogP contribution in [0.4, 0.5) is 11.4 Å². The van der Waals surface area contributed by atoms with Crippen LogP contribution in [0.25, 0.3) is 11.1 Å². The molecule has 0 unspecified atom stereocenters. The summed E-state index contributed by atoms with van der Waals surface area (Å²) in [6.45, 7) is 11.1. The molecule has 0 aliphatic carbocycles. The van der Waals surface area contributed by atoms with Gasteiger partial charge in [-0.3, -0.25) is 9.98 Å². The fourth-order valence-electron chi connectivity index (χ4n) is 5.07. The second-order valence-electron chi connectivity index (χ2n) is 10.1. The van der Waals surface area contributed by atoms with Gasteiger partial charge < -0.3 is 0 Å². The quantitative estimate of drug-likeness (QED) is 0.0996. The van der Waals surface area contributed by atoms with Crippen molar-refractivity contribution in [2.75, 3.05) is 0 Å². The molecule has 0 aliphatic rings. The summed E-state index contributed by atoms with van der Waals surface area (Å²) in [5, 5.41) is 0. The number of unbranched alkanes of at least 4 members (excludes halogenated alkanes) is 4. The van der Waals surface area contributed by atoms with Crippen molar-refractivity contribution in [1.29, 1.82) is 0 Å². The fourth-order valence-corrected chi connectivity index (χ4v) is 5.07. The molecule has 0 N–H and O–H groups in total. The van der Waals surface area contributed by atoms with Crippen LogP contribution >= 0.6 is 0 Å². The van der Waals surface area contributed by atoms with Gasteiger partial charge in [-0.1, -0.05) is 89.8 Å². The van der Waals surface area contributed by atoms with Crippen LogP contribution in [0.1, 0.15) is 95.4 Å². The van der Waals surface area contributed by atoms with Crippen LogP contribution in [0.3, 0.4) is 0 Å². The van der Waals surface area contributed by atoms with E-state index in [1.807, 2.05) is 13.1 Å². The van der Waals surface area contributed by atoms with Crippen molar-refractivity contribution >= 4 is 23.3 Å². The van der Waals surface area contributed by atoms with Gasteiger partial charge in [-0.25, -0.2) is 0 Å². The van der Waals surface area contributed by atoms with Crippen molar-refractivity contribution in [3.63, 3.8) is 0 Å². The van der Waals surface area contributed by atoms with E-state index in [1.165, 1.54) is 78.3 Å². The SMILES string of the molecule is CCCCCCc1ccc(N=CC(C)=Nc2cc(CC)c(CC)c(-c3ccccc3)c2)cc1CCCC.[PdH2]. The molecule has 0 heterocycles. The molecule has 208 valence electrons. The van der Waals surface area contributed by atoms with Crippen LogP contribution < -0.4 is 0 Å². The third-order valence-electron chi connectivity index (χ3n) is 7.14. The molecule has 3 aromatic carbocycles. The predicted octanol–water partition coefficient (Wildman–Crippen LogP) is 9.90. The third kappa shape index (κ3) is 9.44. The van der Waals surface area contributed by atoms with Crippen LogP contribution in [-0.4, -0.2) is 11.9 Å². The topological polar surface area (TPSA) is 24.7 Å². The molecule has 0 aliphatic heterocycles. The van der Waals surface area contributed by atoms with E-state index in [9.17, 15) is 0 Å². The molecule has 3 rings (SSSR count). The molecule has 0 fully saturated rings. The molecule has 0 aromatic heterocycles. The summed E-state index contributed by atoms with van der Waals surface area (Å²) in [4.78, 5) is 9.78. The molecule has 2 nitrogen and oxygen atoms in total. The number of rotatable bonds is 14. The van der Waals surface area contributed by atoms with Gasteiger partial charge in [-0.05, 0) is 103 Å². The first-order valence-electron chi connectivity index (χ1n) is 14.5. The van der Waals surface area contributed by atoms with Crippen molar-refractivity contribution in [1.82, 2.24) is 0 Å². The summed E-state index contributed by atoms with van der Waals surface area (Å²) in [7, 11) is 0. The molecule has 0 amide bonds. The molecule has 38 heavy (non-hydrogen) atoms. The van der Waals surface area contributed by atoms with Crippen molar-refractivity contribution in [3.8, 4) is 11.1 Å². The Labute approximate surface area is 245 Å². The van der Waals surface area contributed by atoms with E-state index in [4.69, 9.17) is 9.98 Å². The number of aliphatic imine (C=N–C) groups is 2. The summed E-state index contributed by atoms with van der Waals surface area (Å²) in [5.41, 5.74) is 11.3. The van der Waals surface area contributed by atoms with Gasteiger partial charge in [0, 0.05) is 6.21 Å². The second-order valence-corrected chi connectivity index (χ2v) is 10.1. The minimum absolute atomic E-state index is 0. The van der Waals surface area contributed by atoms with Gasteiger partial charge in [0.05, 0.1) is 17.1 Å². The normalized spacial score (nSPS) is 11.7. The van der Waals surface area contributed by atoms with Crippen molar-refractivity contribution in [3.05, 3.63) is 82.9 Å². The fraction of sp³-hybridized carbons (Fsp3) is 0.429. The summed E-state index contributed by atoms with van der Waals surface area (Å²) in [6.07, 6.45) is 13.9. The average Bonchev–Trinajstić information content (AvgIpc) is 2.93. The van der Waals surface area contributed by atoms with E-state index in [0.29, 0.717) is 0 Å². The number of hydrogen-bond donors (Lipinski definition) is 0. The van der Waals surface area contributed by atoms with Crippen LogP contribution in [0.15, 0.2) is 70.6 Å². The average molecular weight is 603 g/mol. The zero-order valence-corrected chi connectivity index (χ0v) is 25.9. The zero-order chi connectivity index (χ0) is 26.5. The zero-order valence-electron chi connectivity index (χ0n) is 24.2. The molecular formula is C35H48N2Pd. The monoisotopic (exact) mass is 602 g/mol.